The van der Waals surface area contributed by atoms with Gasteiger partial charge in [-0.25, -0.2) is 0 Å². The topological polar surface area (TPSA) is 64.9 Å². The standard InChI is InChI=1S/C25H25F6N3OS/c1-15(24(26,27)28)13-20(22(35)34-23(14-32)11-12-23)33-21(25(29,30)31)18-5-3-16(4-6-18)17-7-9-19(36-2)10-8-17/h3-10,15,20-21,33H,11-13H2,1-2H3,(H,34,35)/t15?,20-,21-/m0/s1. The maximum absolute atomic E-state index is 14.1. The first-order valence-electron chi connectivity index (χ1n) is 11.1. The van der Waals surface area contributed by atoms with E-state index in [1.165, 1.54) is 24.3 Å². The predicted octanol–water partition coefficient (Wildman–Crippen LogP) is 6.40. The average Bonchev–Trinajstić information content (AvgIpc) is 3.60. The van der Waals surface area contributed by atoms with Gasteiger partial charge in [0, 0.05) is 4.90 Å². The molecule has 1 saturated carbocycles. The van der Waals surface area contributed by atoms with Crippen molar-refractivity contribution in [2.24, 2.45) is 5.92 Å². The van der Waals surface area contributed by atoms with Crippen LogP contribution in [0.2, 0.25) is 0 Å². The molecule has 0 saturated heterocycles. The van der Waals surface area contributed by atoms with E-state index < -0.39 is 48.2 Å². The Morgan fingerprint density at radius 3 is 1.94 bits per heavy atom. The second-order valence-electron chi connectivity index (χ2n) is 8.91. The van der Waals surface area contributed by atoms with E-state index in [2.05, 4.69) is 10.6 Å². The van der Waals surface area contributed by atoms with E-state index >= 15 is 0 Å². The first-order valence-corrected chi connectivity index (χ1v) is 12.4. The molecule has 0 bridgehead atoms. The number of thioether (sulfide) groups is 1. The Morgan fingerprint density at radius 1 is 1.00 bits per heavy atom. The van der Waals surface area contributed by atoms with Gasteiger partial charge < -0.3 is 5.32 Å². The van der Waals surface area contributed by atoms with Gasteiger partial charge in [-0.1, -0.05) is 43.3 Å². The molecule has 3 atom stereocenters. The van der Waals surface area contributed by atoms with Gasteiger partial charge in [0.15, 0.2) is 0 Å². The summed E-state index contributed by atoms with van der Waals surface area (Å²) in [5.74, 6) is -3.11. The molecule has 1 unspecified atom stereocenters. The second-order valence-corrected chi connectivity index (χ2v) is 9.79. The van der Waals surface area contributed by atoms with Gasteiger partial charge in [0.2, 0.25) is 5.91 Å². The molecule has 1 amide bonds. The summed E-state index contributed by atoms with van der Waals surface area (Å²) >= 11 is 1.55. The number of alkyl halides is 6. The Balaban J connectivity index is 1.87. The first-order chi connectivity index (χ1) is 16.8. The zero-order valence-electron chi connectivity index (χ0n) is 19.5. The molecule has 1 fully saturated rings. The highest BCUT2D eigenvalue weighted by Crippen LogP contribution is 2.38. The van der Waals surface area contributed by atoms with Crippen molar-refractivity contribution >= 4 is 17.7 Å². The first kappa shape index (κ1) is 27.9. The number of carbonyl (C=O) groups is 1. The molecule has 0 heterocycles. The van der Waals surface area contributed by atoms with Crippen LogP contribution in [0.1, 0.15) is 37.8 Å². The largest absolute Gasteiger partial charge is 0.407 e. The van der Waals surface area contributed by atoms with E-state index in [1.54, 1.807) is 11.8 Å². The third kappa shape index (κ3) is 6.95. The minimum atomic E-state index is -4.89. The van der Waals surface area contributed by atoms with Gasteiger partial charge in [-0.15, -0.1) is 11.8 Å². The van der Waals surface area contributed by atoms with Crippen molar-refractivity contribution in [2.75, 3.05) is 6.26 Å². The number of hydrogen-bond acceptors (Lipinski definition) is 4. The fourth-order valence-electron chi connectivity index (χ4n) is 3.68. The molecule has 194 valence electrons. The second kappa shape index (κ2) is 10.7. The lowest BCUT2D eigenvalue weighted by Gasteiger charge is -2.30. The Bertz CT molecular complexity index is 1090. The van der Waals surface area contributed by atoms with Crippen molar-refractivity contribution in [1.82, 2.24) is 10.6 Å². The van der Waals surface area contributed by atoms with Gasteiger partial charge in [-0.2, -0.15) is 31.6 Å². The van der Waals surface area contributed by atoms with Crippen LogP contribution in [-0.4, -0.2) is 36.1 Å². The summed E-state index contributed by atoms with van der Waals surface area (Å²) < 4.78 is 81.8. The van der Waals surface area contributed by atoms with Crippen LogP contribution in [0.5, 0.6) is 0 Å². The highest BCUT2D eigenvalue weighted by Gasteiger charge is 2.49. The van der Waals surface area contributed by atoms with Gasteiger partial charge in [0.05, 0.1) is 18.0 Å². The number of halogens is 6. The number of hydrogen-bond donors (Lipinski definition) is 2. The zero-order valence-corrected chi connectivity index (χ0v) is 20.3. The van der Waals surface area contributed by atoms with Crippen LogP contribution in [0.4, 0.5) is 26.3 Å². The van der Waals surface area contributed by atoms with Gasteiger partial charge in [0.25, 0.3) is 0 Å². The van der Waals surface area contributed by atoms with Gasteiger partial charge >= 0.3 is 12.4 Å². The smallest absolute Gasteiger partial charge is 0.336 e. The molecule has 0 aromatic heterocycles. The fraction of sp³-hybridized carbons (Fsp3) is 0.440. The van der Waals surface area contributed by atoms with Crippen LogP contribution in [-0.2, 0) is 4.79 Å². The predicted molar refractivity (Wildman–Crippen MR) is 125 cm³/mol. The Kier molecular flexibility index (Phi) is 8.30. The molecule has 2 N–H and O–H groups in total. The monoisotopic (exact) mass is 529 g/mol. The van der Waals surface area contributed by atoms with Crippen molar-refractivity contribution in [2.45, 2.75) is 61.1 Å². The van der Waals surface area contributed by atoms with E-state index in [4.69, 9.17) is 0 Å². The van der Waals surface area contributed by atoms with Crippen LogP contribution < -0.4 is 10.6 Å². The molecule has 4 nitrogen and oxygen atoms in total. The van der Waals surface area contributed by atoms with E-state index in [9.17, 15) is 36.4 Å². The molecule has 0 radical (unpaired) electrons. The van der Waals surface area contributed by atoms with Gasteiger partial charge in [-0.05, 0) is 54.3 Å². The third-order valence-corrected chi connectivity index (χ3v) is 6.90. The molecule has 1 aliphatic rings. The molecule has 11 heteroatoms. The number of nitriles is 1. The van der Waals surface area contributed by atoms with E-state index in [-0.39, 0.29) is 5.56 Å². The molecule has 0 spiro atoms. The summed E-state index contributed by atoms with van der Waals surface area (Å²) in [5, 5.41) is 13.6. The van der Waals surface area contributed by atoms with Crippen molar-refractivity contribution in [3.63, 3.8) is 0 Å². The summed E-state index contributed by atoms with van der Waals surface area (Å²) in [6.45, 7) is 0.804. The maximum Gasteiger partial charge on any atom is 0.407 e. The summed E-state index contributed by atoms with van der Waals surface area (Å²) in [6, 6.07) is 10.5. The van der Waals surface area contributed by atoms with Crippen molar-refractivity contribution in [3.05, 3.63) is 54.1 Å². The van der Waals surface area contributed by atoms with Crippen molar-refractivity contribution < 1.29 is 31.1 Å². The lowest BCUT2D eigenvalue weighted by molar-refractivity contribution is -0.177. The van der Waals surface area contributed by atoms with Crippen LogP contribution >= 0.6 is 11.8 Å². The van der Waals surface area contributed by atoms with Crippen LogP contribution in [0.3, 0.4) is 0 Å². The zero-order chi connectivity index (χ0) is 26.7. The summed E-state index contributed by atoms with van der Waals surface area (Å²) in [5.41, 5.74) is -0.0269. The molecule has 1 aliphatic carbocycles. The molecule has 0 aliphatic heterocycles. The summed E-state index contributed by atoms with van der Waals surface area (Å²) in [7, 11) is 0. The van der Waals surface area contributed by atoms with Crippen LogP contribution in [0, 0.1) is 17.2 Å². The Hall–Kier alpha value is -2.71. The van der Waals surface area contributed by atoms with E-state index in [0.29, 0.717) is 18.4 Å². The average molecular weight is 530 g/mol. The highest BCUT2D eigenvalue weighted by atomic mass is 32.2. The molecule has 3 rings (SSSR count). The number of amides is 1. The normalized spacial score (nSPS) is 17.5. The molecular weight excluding hydrogens is 504 g/mol. The summed E-state index contributed by atoms with van der Waals surface area (Å²) in [4.78, 5) is 13.8. The third-order valence-electron chi connectivity index (χ3n) is 6.15. The Labute approximate surface area is 209 Å². The molecule has 36 heavy (non-hydrogen) atoms. The lowest BCUT2D eigenvalue weighted by atomic mass is 9.96. The summed E-state index contributed by atoms with van der Waals surface area (Å²) in [6.07, 6.45) is -8.01. The number of benzene rings is 2. The number of nitrogens with one attached hydrogen (secondary N) is 2. The number of rotatable bonds is 9. The van der Waals surface area contributed by atoms with Crippen LogP contribution in [0.25, 0.3) is 11.1 Å². The minimum Gasteiger partial charge on any atom is -0.336 e. The number of carbonyl (C=O) groups excluding carboxylic acids is 1. The van der Waals surface area contributed by atoms with Crippen molar-refractivity contribution in [1.29, 1.82) is 5.26 Å². The Morgan fingerprint density at radius 2 is 1.53 bits per heavy atom. The minimum absolute atomic E-state index is 0.245. The van der Waals surface area contributed by atoms with Gasteiger partial charge in [-0.3, -0.25) is 10.1 Å². The van der Waals surface area contributed by atoms with E-state index in [0.717, 1.165) is 17.4 Å². The maximum atomic E-state index is 14.1. The number of nitrogens with zero attached hydrogens (tertiary/aromatic N) is 1. The van der Waals surface area contributed by atoms with E-state index in [1.807, 2.05) is 36.6 Å². The van der Waals surface area contributed by atoms with Gasteiger partial charge in [0.1, 0.15) is 11.6 Å². The molecule has 2 aromatic carbocycles. The highest BCUT2D eigenvalue weighted by molar-refractivity contribution is 7.98. The molecular formula is C25H25F6N3OS. The fourth-order valence-corrected chi connectivity index (χ4v) is 4.09. The van der Waals surface area contributed by atoms with Crippen molar-refractivity contribution in [3.8, 4) is 17.2 Å². The molecule has 2 aromatic rings. The quantitative estimate of drug-likeness (QED) is 0.292. The lowest BCUT2D eigenvalue weighted by Crippen LogP contribution is -2.52. The SMILES string of the molecule is CSc1ccc(-c2ccc([C@H](N[C@@H](CC(C)C(F)(F)F)C(=O)NC3(C#N)CC3)C(F)(F)F)cc2)cc1. The van der Waals surface area contributed by atoms with Crippen LogP contribution in [0.15, 0.2) is 53.4 Å².